The van der Waals surface area contributed by atoms with Gasteiger partial charge in [0.1, 0.15) is 11.6 Å². The van der Waals surface area contributed by atoms with Crippen molar-refractivity contribution in [3.63, 3.8) is 0 Å². The Balaban J connectivity index is 2.28. The van der Waals surface area contributed by atoms with Crippen molar-refractivity contribution in [2.45, 2.75) is 13.8 Å². The molecule has 0 spiro atoms. The fourth-order valence-electron chi connectivity index (χ4n) is 1.91. The number of aromatic nitrogens is 1. The molecule has 1 aromatic heterocycles. The van der Waals surface area contributed by atoms with E-state index in [1.165, 1.54) is 0 Å². The third kappa shape index (κ3) is 3.17. The molecule has 1 heterocycles. The lowest BCUT2D eigenvalue weighted by Crippen LogP contribution is -2.14. The number of anilines is 1. The van der Waals surface area contributed by atoms with Gasteiger partial charge >= 0.3 is 0 Å². The van der Waals surface area contributed by atoms with Gasteiger partial charge in [0, 0.05) is 16.2 Å². The minimum Gasteiger partial charge on any atom is -0.496 e. The molecule has 0 bridgehead atoms. The molecule has 0 saturated heterocycles. The highest BCUT2D eigenvalue weighted by atomic mass is 79.9. The first kappa shape index (κ1) is 14.5. The number of ether oxygens (including phenoxy) is 1. The Hall–Kier alpha value is -1.88. The predicted molar refractivity (Wildman–Crippen MR) is 82.4 cm³/mol. The summed E-state index contributed by atoms with van der Waals surface area (Å²) >= 11 is 3.35. The Morgan fingerprint density at radius 1 is 1.25 bits per heavy atom. The number of methoxy groups -OCH3 is 1. The number of nitrogens with one attached hydrogen (secondary N) is 1. The van der Waals surface area contributed by atoms with Gasteiger partial charge in [-0.3, -0.25) is 4.79 Å². The van der Waals surface area contributed by atoms with Gasteiger partial charge in [-0.1, -0.05) is 15.9 Å². The third-order valence-corrected chi connectivity index (χ3v) is 3.44. The largest absolute Gasteiger partial charge is 0.496 e. The molecule has 4 nitrogen and oxygen atoms in total. The monoisotopic (exact) mass is 334 g/mol. The summed E-state index contributed by atoms with van der Waals surface area (Å²) in [6.45, 7) is 3.79. The van der Waals surface area contributed by atoms with Gasteiger partial charge in [0.25, 0.3) is 5.91 Å². The summed E-state index contributed by atoms with van der Waals surface area (Å²) in [5.41, 5.74) is 2.40. The second kappa shape index (κ2) is 6.05. The molecule has 104 valence electrons. The summed E-state index contributed by atoms with van der Waals surface area (Å²) in [6.07, 6.45) is 1.63. The third-order valence-electron chi connectivity index (χ3n) is 2.95. The average molecular weight is 335 g/mol. The topological polar surface area (TPSA) is 51.2 Å². The maximum atomic E-state index is 12.3. The lowest BCUT2D eigenvalue weighted by Gasteiger charge is -2.11. The van der Waals surface area contributed by atoms with E-state index >= 15 is 0 Å². The highest BCUT2D eigenvalue weighted by Gasteiger charge is 2.13. The number of rotatable bonds is 3. The fourth-order valence-corrected chi connectivity index (χ4v) is 2.25. The van der Waals surface area contributed by atoms with Crippen LogP contribution in [0, 0.1) is 13.8 Å². The molecule has 2 rings (SSSR count). The van der Waals surface area contributed by atoms with Crippen molar-refractivity contribution in [1.82, 2.24) is 4.98 Å². The van der Waals surface area contributed by atoms with Gasteiger partial charge in [-0.25, -0.2) is 4.98 Å². The van der Waals surface area contributed by atoms with Crippen LogP contribution in [0.3, 0.4) is 0 Å². The van der Waals surface area contributed by atoms with Crippen molar-refractivity contribution < 1.29 is 9.53 Å². The normalized spacial score (nSPS) is 10.2. The lowest BCUT2D eigenvalue weighted by molar-refractivity contribution is 0.102. The minimum atomic E-state index is -0.182. The van der Waals surface area contributed by atoms with Crippen LogP contribution in [0.2, 0.25) is 0 Å². The molecule has 1 aromatic carbocycles. The first-order valence-electron chi connectivity index (χ1n) is 6.09. The Morgan fingerprint density at radius 2 is 2.00 bits per heavy atom. The van der Waals surface area contributed by atoms with E-state index in [-0.39, 0.29) is 5.91 Å². The molecule has 5 heteroatoms. The van der Waals surface area contributed by atoms with Crippen molar-refractivity contribution in [3.05, 3.63) is 51.6 Å². The van der Waals surface area contributed by atoms with E-state index in [1.807, 2.05) is 26.0 Å². The van der Waals surface area contributed by atoms with E-state index in [4.69, 9.17) is 4.74 Å². The van der Waals surface area contributed by atoms with Crippen molar-refractivity contribution in [1.29, 1.82) is 0 Å². The Morgan fingerprint density at radius 3 is 2.65 bits per heavy atom. The zero-order valence-corrected chi connectivity index (χ0v) is 13.1. The zero-order valence-electron chi connectivity index (χ0n) is 11.5. The zero-order chi connectivity index (χ0) is 14.7. The van der Waals surface area contributed by atoms with Gasteiger partial charge in [0.05, 0.1) is 7.11 Å². The van der Waals surface area contributed by atoms with E-state index in [0.29, 0.717) is 11.4 Å². The highest BCUT2D eigenvalue weighted by Crippen LogP contribution is 2.23. The smallest absolute Gasteiger partial charge is 0.257 e. The van der Waals surface area contributed by atoms with Crippen molar-refractivity contribution in [2.24, 2.45) is 0 Å². The molecule has 0 unspecified atom stereocenters. The number of amides is 1. The van der Waals surface area contributed by atoms with E-state index in [9.17, 15) is 4.79 Å². The molecule has 20 heavy (non-hydrogen) atoms. The van der Waals surface area contributed by atoms with Crippen LogP contribution in [-0.2, 0) is 0 Å². The van der Waals surface area contributed by atoms with Gasteiger partial charge in [-0.15, -0.1) is 0 Å². The first-order valence-corrected chi connectivity index (χ1v) is 6.88. The quantitative estimate of drug-likeness (QED) is 0.930. The Bertz CT molecular complexity index is 656. The van der Waals surface area contributed by atoms with Gasteiger partial charge in [0.2, 0.25) is 0 Å². The first-order chi connectivity index (χ1) is 9.51. The van der Waals surface area contributed by atoms with Crippen LogP contribution in [0.25, 0.3) is 0 Å². The number of hydrogen-bond donors (Lipinski definition) is 1. The van der Waals surface area contributed by atoms with Crippen molar-refractivity contribution in [3.8, 4) is 5.75 Å². The second-order valence-corrected chi connectivity index (χ2v) is 5.37. The number of benzene rings is 1. The van der Waals surface area contributed by atoms with Crippen LogP contribution >= 0.6 is 15.9 Å². The Labute approximate surface area is 126 Å². The van der Waals surface area contributed by atoms with Crippen LogP contribution < -0.4 is 10.1 Å². The SMILES string of the molecule is COc1cc(C)c(C(=O)Nc2cc(Br)ccn2)cc1C. The summed E-state index contributed by atoms with van der Waals surface area (Å²) in [7, 11) is 1.62. The van der Waals surface area contributed by atoms with E-state index in [2.05, 4.69) is 26.2 Å². The standard InChI is InChI=1S/C15H15BrN2O2/c1-9-7-13(20-3)10(2)6-12(9)15(19)18-14-8-11(16)4-5-17-14/h4-8H,1-3H3,(H,17,18,19). The number of nitrogens with zero attached hydrogens (tertiary/aromatic N) is 1. The molecule has 0 atom stereocenters. The number of pyridine rings is 1. The second-order valence-electron chi connectivity index (χ2n) is 4.45. The maximum Gasteiger partial charge on any atom is 0.257 e. The molecular weight excluding hydrogens is 320 g/mol. The predicted octanol–water partition coefficient (Wildman–Crippen LogP) is 3.72. The van der Waals surface area contributed by atoms with Crippen LogP contribution in [0.1, 0.15) is 21.5 Å². The molecule has 0 aliphatic heterocycles. The fraction of sp³-hybridized carbons (Fsp3) is 0.200. The van der Waals surface area contributed by atoms with Crippen LogP contribution in [-0.4, -0.2) is 18.0 Å². The van der Waals surface area contributed by atoms with Crippen LogP contribution in [0.5, 0.6) is 5.75 Å². The maximum absolute atomic E-state index is 12.3. The molecule has 0 fully saturated rings. The number of carbonyl (C=O) groups excluding carboxylic acids is 1. The van der Waals surface area contributed by atoms with Gasteiger partial charge in [0.15, 0.2) is 0 Å². The van der Waals surface area contributed by atoms with Crippen molar-refractivity contribution in [2.75, 3.05) is 12.4 Å². The molecule has 1 amide bonds. The summed E-state index contributed by atoms with van der Waals surface area (Å²) in [4.78, 5) is 16.4. The lowest BCUT2D eigenvalue weighted by atomic mass is 10.0. The number of carbonyl (C=O) groups is 1. The summed E-state index contributed by atoms with van der Waals surface area (Å²) in [6, 6.07) is 7.24. The molecular formula is C15H15BrN2O2. The van der Waals surface area contributed by atoms with Gasteiger partial charge < -0.3 is 10.1 Å². The van der Waals surface area contributed by atoms with Crippen LogP contribution in [0.15, 0.2) is 34.9 Å². The highest BCUT2D eigenvalue weighted by molar-refractivity contribution is 9.10. The van der Waals surface area contributed by atoms with Gasteiger partial charge in [-0.05, 0) is 49.2 Å². The number of aryl methyl sites for hydroxylation is 2. The number of halogens is 1. The van der Waals surface area contributed by atoms with E-state index in [0.717, 1.165) is 21.3 Å². The number of hydrogen-bond acceptors (Lipinski definition) is 3. The molecule has 2 aromatic rings. The molecule has 0 aliphatic rings. The molecule has 1 N–H and O–H groups in total. The Kier molecular flexibility index (Phi) is 4.39. The van der Waals surface area contributed by atoms with Crippen LogP contribution in [0.4, 0.5) is 5.82 Å². The summed E-state index contributed by atoms with van der Waals surface area (Å²) in [5, 5.41) is 2.78. The van der Waals surface area contributed by atoms with E-state index < -0.39 is 0 Å². The average Bonchev–Trinajstić information content (AvgIpc) is 2.40. The molecule has 0 saturated carbocycles. The summed E-state index contributed by atoms with van der Waals surface area (Å²) < 4.78 is 6.11. The van der Waals surface area contributed by atoms with Gasteiger partial charge in [-0.2, -0.15) is 0 Å². The minimum absolute atomic E-state index is 0.182. The summed E-state index contributed by atoms with van der Waals surface area (Å²) in [5.74, 6) is 1.11. The van der Waals surface area contributed by atoms with Crippen molar-refractivity contribution >= 4 is 27.7 Å². The molecule has 0 radical (unpaired) electrons. The van der Waals surface area contributed by atoms with E-state index in [1.54, 1.807) is 25.4 Å². The molecule has 0 aliphatic carbocycles.